The number of halogens is 1. The van der Waals surface area contributed by atoms with E-state index in [1.807, 2.05) is 52.0 Å². The molecular weight excluding hydrogens is 288 g/mol. The molecule has 0 aromatic heterocycles. The molecule has 21 heavy (non-hydrogen) atoms. The standard InChI is InChI=1S/C16H25ClN2O2/c1-11(19-15(20)21-16(3,4)5)10-18-12(2)13-6-8-14(17)9-7-13/h6-9,11-12,18H,10H2,1-5H3,(H,19,20). The number of rotatable bonds is 5. The summed E-state index contributed by atoms with van der Waals surface area (Å²) in [7, 11) is 0. The van der Waals surface area contributed by atoms with E-state index in [2.05, 4.69) is 17.6 Å². The van der Waals surface area contributed by atoms with Crippen LogP contribution < -0.4 is 10.6 Å². The largest absolute Gasteiger partial charge is 0.444 e. The lowest BCUT2D eigenvalue weighted by Gasteiger charge is -2.23. The molecule has 0 radical (unpaired) electrons. The first kappa shape index (κ1) is 17.8. The van der Waals surface area contributed by atoms with Gasteiger partial charge in [0, 0.05) is 23.7 Å². The average molecular weight is 313 g/mol. The van der Waals surface area contributed by atoms with Gasteiger partial charge in [-0.05, 0) is 52.3 Å². The summed E-state index contributed by atoms with van der Waals surface area (Å²) in [5.41, 5.74) is 0.678. The molecule has 0 aliphatic heterocycles. The van der Waals surface area contributed by atoms with Crippen LogP contribution in [0.5, 0.6) is 0 Å². The SMILES string of the molecule is CC(CNC(C)c1ccc(Cl)cc1)NC(=O)OC(C)(C)C. The fourth-order valence-corrected chi connectivity index (χ4v) is 1.91. The van der Waals surface area contributed by atoms with Crippen LogP contribution in [-0.2, 0) is 4.74 Å². The molecule has 0 heterocycles. The molecule has 0 aliphatic carbocycles. The third-order valence-corrected chi connectivity index (χ3v) is 3.12. The summed E-state index contributed by atoms with van der Waals surface area (Å²) in [4.78, 5) is 11.6. The van der Waals surface area contributed by atoms with E-state index in [4.69, 9.17) is 16.3 Å². The van der Waals surface area contributed by atoms with E-state index >= 15 is 0 Å². The normalized spacial score (nSPS) is 14.4. The molecule has 0 fully saturated rings. The van der Waals surface area contributed by atoms with Gasteiger partial charge in [-0.2, -0.15) is 0 Å². The molecule has 0 spiro atoms. The van der Waals surface area contributed by atoms with Gasteiger partial charge in [-0.3, -0.25) is 0 Å². The maximum absolute atomic E-state index is 11.6. The molecule has 2 N–H and O–H groups in total. The second-order valence-electron chi connectivity index (χ2n) is 6.23. The molecule has 118 valence electrons. The van der Waals surface area contributed by atoms with Crippen molar-refractivity contribution >= 4 is 17.7 Å². The van der Waals surface area contributed by atoms with Gasteiger partial charge in [0.1, 0.15) is 5.60 Å². The van der Waals surface area contributed by atoms with Crippen LogP contribution in [0.2, 0.25) is 5.02 Å². The van der Waals surface area contributed by atoms with Gasteiger partial charge < -0.3 is 15.4 Å². The van der Waals surface area contributed by atoms with Crippen molar-refractivity contribution in [3.63, 3.8) is 0 Å². The molecule has 0 bridgehead atoms. The Kier molecular flexibility index (Phi) is 6.49. The number of hydrogen-bond acceptors (Lipinski definition) is 3. The highest BCUT2D eigenvalue weighted by Crippen LogP contribution is 2.15. The third kappa shape index (κ3) is 7.34. The number of amides is 1. The molecule has 1 amide bonds. The van der Waals surface area contributed by atoms with Crippen molar-refractivity contribution in [1.29, 1.82) is 0 Å². The molecule has 4 nitrogen and oxygen atoms in total. The van der Waals surface area contributed by atoms with Crippen LogP contribution in [0.15, 0.2) is 24.3 Å². The number of ether oxygens (including phenoxy) is 1. The van der Waals surface area contributed by atoms with E-state index in [1.165, 1.54) is 0 Å². The zero-order valence-electron chi connectivity index (χ0n) is 13.4. The summed E-state index contributed by atoms with van der Waals surface area (Å²) in [6.07, 6.45) is -0.393. The Morgan fingerprint density at radius 3 is 2.33 bits per heavy atom. The molecule has 2 atom stereocenters. The average Bonchev–Trinajstić information content (AvgIpc) is 2.34. The maximum Gasteiger partial charge on any atom is 0.407 e. The minimum Gasteiger partial charge on any atom is -0.444 e. The van der Waals surface area contributed by atoms with Crippen molar-refractivity contribution < 1.29 is 9.53 Å². The second-order valence-corrected chi connectivity index (χ2v) is 6.67. The minimum absolute atomic E-state index is 0.0189. The van der Waals surface area contributed by atoms with Crippen molar-refractivity contribution in [3.8, 4) is 0 Å². The van der Waals surface area contributed by atoms with E-state index in [0.29, 0.717) is 6.54 Å². The highest BCUT2D eigenvalue weighted by atomic mass is 35.5. The van der Waals surface area contributed by atoms with Gasteiger partial charge in [-0.25, -0.2) is 4.79 Å². The van der Waals surface area contributed by atoms with E-state index in [9.17, 15) is 4.79 Å². The smallest absolute Gasteiger partial charge is 0.407 e. The molecule has 1 rings (SSSR count). The molecule has 5 heteroatoms. The molecule has 2 unspecified atom stereocenters. The Hall–Kier alpha value is -1.26. The van der Waals surface area contributed by atoms with E-state index in [0.717, 1.165) is 10.6 Å². The molecule has 1 aromatic rings. The van der Waals surface area contributed by atoms with Gasteiger partial charge in [0.05, 0.1) is 0 Å². The van der Waals surface area contributed by atoms with Gasteiger partial charge in [-0.1, -0.05) is 23.7 Å². The second kappa shape index (κ2) is 7.66. The summed E-state index contributed by atoms with van der Waals surface area (Å²) < 4.78 is 5.22. The summed E-state index contributed by atoms with van der Waals surface area (Å²) >= 11 is 5.87. The lowest BCUT2D eigenvalue weighted by atomic mass is 10.1. The third-order valence-electron chi connectivity index (χ3n) is 2.86. The summed E-state index contributed by atoms with van der Waals surface area (Å²) in [5.74, 6) is 0. The van der Waals surface area contributed by atoms with Crippen LogP contribution in [0.4, 0.5) is 4.79 Å². The van der Waals surface area contributed by atoms with E-state index in [-0.39, 0.29) is 12.1 Å². The van der Waals surface area contributed by atoms with Crippen LogP contribution >= 0.6 is 11.6 Å². The van der Waals surface area contributed by atoms with Crippen molar-refractivity contribution in [2.75, 3.05) is 6.54 Å². The van der Waals surface area contributed by atoms with Crippen molar-refractivity contribution in [3.05, 3.63) is 34.9 Å². The van der Waals surface area contributed by atoms with Gasteiger partial charge in [-0.15, -0.1) is 0 Å². The molecule has 1 aromatic carbocycles. The summed E-state index contributed by atoms with van der Waals surface area (Å²) in [6, 6.07) is 7.90. The van der Waals surface area contributed by atoms with Crippen LogP contribution in [-0.4, -0.2) is 24.3 Å². The topological polar surface area (TPSA) is 50.4 Å². The Balaban J connectivity index is 2.37. The monoisotopic (exact) mass is 312 g/mol. The molecule has 0 saturated heterocycles. The lowest BCUT2D eigenvalue weighted by molar-refractivity contribution is 0.0507. The van der Waals surface area contributed by atoms with Crippen LogP contribution in [0, 0.1) is 0 Å². The first-order chi connectivity index (χ1) is 9.67. The molecule has 0 saturated carbocycles. The van der Waals surface area contributed by atoms with Crippen LogP contribution in [0.3, 0.4) is 0 Å². The summed E-state index contributed by atoms with van der Waals surface area (Å²) in [6.45, 7) is 10.2. The zero-order valence-corrected chi connectivity index (χ0v) is 14.1. The first-order valence-corrected chi connectivity index (χ1v) is 7.53. The number of hydrogen-bond donors (Lipinski definition) is 2. The quantitative estimate of drug-likeness (QED) is 0.867. The van der Waals surface area contributed by atoms with Crippen LogP contribution in [0.25, 0.3) is 0 Å². The Labute approximate surface area is 132 Å². The first-order valence-electron chi connectivity index (χ1n) is 7.16. The fraction of sp³-hybridized carbons (Fsp3) is 0.562. The fourth-order valence-electron chi connectivity index (χ4n) is 1.78. The van der Waals surface area contributed by atoms with E-state index < -0.39 is 11.7 Å². The van der Waals surface area contributed by atoms with Crippen molar-refractivity contribution in [1.82, 2.24) is 10.6 Å². The number of benzene rings is 1. The Morgan fingerprint density at radius 1 is 1.24 bits per heavy atom. The van der Waals surface area contributed by atoms with Gasteiger partial charge >= 0.3 is 6.09 Å². The highest BCUT2D eigenvalue weighted by Gasteiger charge is 2.17. The minimum atomic E-state index is -0.478. The predicted molar refractivity (Wildman–Crippen MR) is 86.7 cm³/mol. The van der Waals surface area contributed by atoms with Crippen LogP contribution in [0.1, 0.15) is 46.2 Å². The summed E-state index contributed by atoms with van der Waals surface area (Å²) in [5, 5.41) is 6.91. The molecular formula is C16H25ClN2O2. The number of carbonyl (C=O) groups excluding carboxylic acids is 1. The van der Waals surface area contributed by atoms with Gasteiger partial charge in [0.2, 0.25) is 0 Å². The zero-order chi connectivity index (χ0) is 16.0. The maximum atomic E-state index is 11.6. The van der Waals surface area contributed by atoms with Gasteiger partial charge in [0.15, 0.2) is 0 Å². The van der Waals surface area contributed by atoms with Crippen molar-refractivity contribution in [2.45, 2.75) is 52.3 Å². The lowest BCUT2D eigenvalue weighted by Crippen LogP contribution is -2.43. The van der Waals surface area contributed by atoms with Gasteiger partial charge in [0.25, 0.3) is 0 Å². The Bertz CT molecular complexity index is 454. The number of nitrogens with one attached hydrogen (secondary N) is 2. The highest BCUT2D eigenvalue weighted by molar-refractivity contribution is 6.30. The number of carbonyl (C=O) groups is 1. The number of alkyl carbamates (subject to hydrolysis) is 1. The Morgan fingerprint density at radius 2 is 1.81 bits per heavy atom. The van der Waals surface area contributed by atoms with E-state index in [1.54, 1.807) is 0 Å². The molecule has 0 aliphatic rings. The predicted octanol–water partition coefficient (Wildman–Crippen LogP) is 3.90. The van der Waals surface area contributed by atoms with Crippen molar-refractivity contribution in [2.24, 2.45) is 0 Å².